The van der Waals surface area contributed by atoms with E-state index in [1.165, 1.54) is 11.3 Å². The lowest BCUT2D eigenvalue weighted by Gasteiger charge is -2.14. The lowest BCUT2D eigenvalue weighted by molar-refractivity contribution is 0.0778. The van der Waals surface area contributed by atoms with Gasteiger partial charge >= 0.3 is 0 Å². The summed E-state index contributed by atoms with van der Waals surface area (Å²) in [5, 5.41) is 1.94. The van der Waals surface area contributed by atoms with Crippen LogP contribution in [-0.2, 0) is 6.54 Å². The number of thiazole rings is 1. The average Bonchev–Trinajstić information content (AvgIpc) is 2.88. The van der Waals surface area contributed by atoms with Crippen molar-refractivity contribution < 1.29 is 4.79 Å². The van der Waals surface area contributed by atoms with Crippen molar-refractivity contribution in [3.05, 3.63) is 39.0 Å². The highest BCUT2D eigenvalue weighted by Crippen LogP contribution is 2.13. The molecule has 1 N–H and O–H groups in total. The van der Waals surface area contributed by atoms with Gasteiger partial charge in [-0.3, -0.25) is 4.79 Å². The lowest BCUT2D eigenvalue weighted by Crippen LogP contribution is -2.26. The second-order valence-corrected chi connectivity index (χ2v) is 5.01. The van der Waals surface area contributed by atoms with Gasteiger partial charge in [0.1, 0.15) is 5.69 Å². The Morgan fingerprint density at radius 1 is 1.69 bits per heavy atom. The van der Waals surface area contributed by atoms with Crippen LogP contribution in [0, 0.1) is 0 Å². The molecule has 4 nitrogen and oxygen atoms in total. The standard InChI is InChI=1S/C10H10BrN3OS/c1-14(4-8-5-16-6-13-8)10(15)9-2-7(11)3-12-9/h2-3,5-6,12H,4H2,1H3. The second kappa shape index (κ2) is 4.80. The van der Waals surface area contributed by atoms with Crippen molar-refractivity contribution in [3.63, 3.8) is 0 Å². The third kappa shape index (κ3) is 2.51. The molecule has 0 bridgehead atoms. The first-order chi connectivity index (χ1) is 7.66. The Bertz CT molecular complexity index is 480. The summed E-state index contributed by atoms with van der Waals surface area (Å²) in [7, 11) is 1.76. The maximum Gasteiger partial charge on any atom is 0.270 e. The number of H-pyrrole nitrogens is 1. The third-order valence-corrected chi connectivity index (χ3v) is 3.20. The van der Waals surface area contributed by atoms with Crippen molar-refractivity contribution in [2.24, 2.45) is 0 Å². The summed E-state index contributed by atoms with van der Waals surface area (Å²) in [6, 6.07) is 1.76. The predicted molar refractivity (Wildman–Crippen MR) is 66.4 cm³/mol. The zero-order chi connectivity index (χ0) is 11.5. The zero-order valence-corrected chi connectivity index (χ0v) is 11.0. The van der Waals surface area contributed by atoms with Gasteiger partial charge in [0.05, 0.1) is 17.7 Å². The Morgan fingerprint density at radius 3 is 3.06 bits per heavy atom. The Morgan fingerprint density at radius 2 is 2.50 bits per heavy atom. The minimum atomic E-state index is -0.0429. The van der Waals surface area contributed by atoms with Gasteiger partial charge in [-0.1, -0.05) is 0 Å². The number of hydrogen-bond donors (Lipinski definition) is 1. The van der Waals surface area contributed by atoms with Crippen molar-refractivity contribution in [3.8, 4) is 0 Å². The fraction of sp³-hybridized carbons (Fsp3) is 0.200. The van der Waals surface area contributed by atoms with E-state index in [-0.39, 0.29) is 5.91 Å². The molecule has 2 heterocycles. The van der Waals surface area contributed by atoms with E-state index in [0.29, 0.717) is 12.2 Å². The lowest BCUT2D eigenvalue weighted by atomic mass is 10.3. The number of halogens is 1. The van der Waals surface area contributed by atoms with Crippen LogP contribution in [0.2, 0.25) is 0 Å². The number of aromatic nitrogens is 2. The maximum absolute atomic E-state index is 11.9. The smallest absolute Gasteiger partial charge is 0.270 e. The topological polar surface area (TPSA) is 49.0 Å². The molecule has 0 spiro atoms. The van der Waals surface area contributed by atoms with Gasteiger partial charge in [0.2, 0.25) is 0 Å². The van der Waals surface area contributed by atoms with Crippen molar-refractivity contribution in [2.45, 2.75) is 6.54 Å². The van der Waals surface area contributed by atoms with Gasteiger partial charge in [0.15, 0.2) is 0 Å². The minimum Gasteiger partial charge on any atom is -0.356 e. The van der Waals surface area contributed by atoms with Crippen molar-refractivity contribution in [1.82, 2.24) is 14.9 Å². The molecule has 0 unspecified atom stereocenters. The second-order valence-electron chi connectivity index (χ2n) is 3.37. The fourth-order valence-corrected chi connectivity index (χ4v) is 2.22. The van der Waals surface area contributed by atoms with Crippen LogP contribution in [0.15, 0.2) is 27.6 Å². The molecule has 0 aliphatic rings. The number of carbonyl (C=O) groups is 1. The molecule has 0 aliphatic carbocycles. The molecule has 0 saturated carbocycles. The molecule has 0 atom stereocenters. The number of aromatic amines is 1. The molecule has 84 valence electrons. The summed E-state index contributed by atoms with van der Waals surface area (Å²) in [6.07, 6.45) is 1.74. The highest BCUT2D eigenvalue weighted by Gasteiger charge is 2.14. The molecular formula is C10H10BrN3OS. The molecule has 2 aromatic heterocycles. The van der Waals surface area contributed by atoms with E-state index >= 15 is 0 Å². The Labute approximate surface area is 105 Å². The Kier molecular flexibility index (Phi) is 3.40. The average molecular weight is 300 g/mol. The quantitative estimate of drug-likeness (QED) is 0.947. The zero-order valence-electron chi connectivity index (χ0n) is 8.61. The van der Waals surface area contributed by atoms with E-state index in [1.54, 1.807) is 29.7 Å². The Balaban J connectivity index is 2.05. The highest BCUT2D eigenvalue weighted by molar-refractivity contribution is 9.10. The summed E-state index contributed by atoms with van der Waals surface area (Å²) < 4.78 is 0.873. The molecule has 0 aliphatic heterocycles. The first kappa shape index (κ1) is 11.3. The number of carbonyl (C=O) groups excluding carboxylic acids is 1. The van der Waals surface area contributed by atoms with E-state index in [9.17, 15) is 4.79 Å². The number of rotatable bonds is 3. The van der Waals surface area contributed by atoms with Crippen molar-refractivity contribution in [1.29, 1.82) is 0 Å². The van der Waals surface area contributed by atoms with Gasteiger partial charge in [0, 0.05) is 23.1 Å². The van der Waals surface area contributed by atoms with E-state index < -0.39 is 0 Å². The summed E-state index contributed by atoms with van der Waals surface area (Å²) >= 11 is 4.83. The SMILES string of the molecule is CN(Cc1cscn1)C(=O)c1cc(Br)c[nH]1. The molecule has 2 rings (SSSR count). The number of hydrogen-bond acceptors (Lipinski definition) is 3. The van der Waals surface area contributed by atoms with E-state index in [2.05, 4.69) is 25.9 Å². The minimum absolute atomic E-state index is 0.0429. The molecule has 0 radical (unpaired) electrons. The molecule has 0 fully saturated rings. The van der Waals surface area contributed by atoms with Gasteiger partial charge in [-0.2, -0.15) is 0 Å². The van der Waals surface area contributed by atoms with Crippen LogP contribution < -0.4 is 0 Å². The van der Waals surface area contributed by atoms with Crippen LogP contribution in [0.5, 0.6) is 0 Å². The molecule has 0 saturated heterocycles. The van der Waals surface area contributed by atoms with Gasteiger partial charge < -0.3 is 9.88 Å². The summed E-state index contributed by atoms with van der Waals surface area (Å²) in [5.74, 6) is -0.0429. The van der Waals surface area contributed by atoms with Crippen LogP contribution in [0.3, 0.4) is 0 Å². The summed E-state index contributed by atoms with van der Waals surface area (Å²) in [6.45, 7) is 0.527. The maximum atomic E-state index is 11.9. The third-order valence-electron chi connectivity index (χ3n) is 2.11. The monoisotopic (exact) mass is 299 g/mol. The summed E-state index contributed by atoms with van der Waals surface area (Å²) in [5.41, 5.74) is 3.25. The van der Waals surface area contributed by atoms with Crippen LogP contribution in [-0.4, -0.2) is 27.8 Å². The van der Waals surface area contributed by atoms with Gasteiger partial charge in [-0.15, -0.1) is 11.3 Å². The Hall–Kier alpha value is -1.14. The first-order valence-electron chi connectivity index (χ1n) is 4.63. The highest BCUT2D eigenvalue weighted by atomic mass is 79.9. The molecule has 2 aromatic rings. The van der Waals surface area contributed by atoms with Gasteiger partial charge in [-0.05, 0) is 22.0 Å². The van der Waals surface area contributed by atoms with Crippen molar-refractivity contribution in [2.75, 3.05) is 7.05 Å². The summed E-state index contributed by atoms with van der Waals surface area (Å²) in [4.78, 5) is 20.6. The molecule has 6 heteroatoms. The van der Waals surface area contributed by atoms with Crippen LogP contribution in [0.25, 0.3) is 0 Å². The van der Waals surface area contributed by atoms with E-state index in [0.717, 1.165) is 10.2 Å². The number of amides is 1. The fourth-order valence-electron chi connectivity index (χ4n) is 1.33. The van der Waals surface area contributed by atoms with Gasteiger partial charge in [0.25, 0.3) is 5.91 Å². The largest absolute Gasteiger partial charge is 0.356 e. The predicted octanol–water partition coefficient (Wildman–Crippen LogP) is 2.51. The molecule has 16 heavy (non-hydrogen) atoms. The van der Waals surface area contributed by atoms with E-state index in [4.69, 9.17) is 0 Å². The van der Waals surface area contributed by atoms with Crippen molar-refractivity contribution >= 4 is 33.2 Å². The van der Waals surface area contributed by atoms with E-state index in [1.807, 2.05) is 5.38 Å². The molecule has 1 amide bonds. The molecular weight excluding hydrogens is 290 g/mol. The normalized spacial score (nSPS) is 10.4. The number of nitrogens with zero attached hydrogens (tertiary/aromatic N) is 2. The van der Waals surface area contributed by atoms with Crippen LogP contribution >= 0.6 is 27.3 Å². The number of nitrogens with one attached hydrogen (secondary N) is 1. The van der Waals surface area contributed by atoms with Crippen LogP contribution in [0.1, 0.15) is 16.2 Å². The first-order valence-corrected chi connectivity index (χ1v) is 6.37. The van der Waals surface area contributed by atoms with Crippen LogP contribution in [0.4, 0.5) is 0 Å². The molecule has 0 aromatic carbocycles. The van der Waals surface area contributed by atoms with Gasteiger partial charge in [-0.25, -0.2) is 4.98 Å².